The third-order valence-electron chi connectivity index (χ3n) is 2.27. The van der Waals surface area contributed by atoms with Crippen LogP contribution in [0, 0.1) is 20.8 Å². The Kier molecular flexibility index (Phi) is 2.84. The molecule has 1 aromatic carbocycles. The molecule has 2 heteroatoms. The van der Waals surface area contributed by atoms with Gasteiger partial charge in [0.05, 0.1) is 0 Å². The molecule has 0 aromatic heterocycles. The predicted molar refractivity (Wildman–Crippen MR) is 49.3 cm³/mol. The van der Waals surface area contributed by atoms with E-state index in [0.29, 0.717) is 6.54 Å². The SMILES string of the molecule is Cc1cc(CNO)cc(C)c1C. The Balaban J connectivity index is 3.04. The Bertz CT molecular complexity index is 258. The van der Waals surface area contributed by atoms with Gasteiger partial charge in [-0.3, -0.25) is 0 Å². The second-order valence-corrected chi connectivity index (χ2v) is 3.19. The molecule has 0 heterocycles. The summed E-state index contributed by atoms with van der Waals surface area (Å²) in [5.41, 5.74) is 7.17. The fraction of sp³-hybridized carbons (Fsp3) is 0.400. The van der Waals surface area contributed by atoms with Crippen LogP contribution in [0.2, 0.25) is 0 Å². The average Bonchev–Trinajstić information content (AvgIpc) is 2.01. The van der Waals surface area contributed by atoms with E-state index in [4.69, 9.17) is 5.21 Å². The van der Waals surface area contributed by atoms with E-state index in [-0.39, 0.29) is 0 Å². The second kappa shape index (κ2) is 3.70. The summed E-state index contributed by atoms with van der Waals surface area (Å²) < 4.78 is 0. The van der Waals surface area contributed by atoms with Crippen LogP contribution in [0.25, 0.3) is 0 Å². The van der Waals surface area contributed by atoms with Crippen molar-refractivity contribution in [2.45, 2.75) is 27.3 Å². The van der Waals surface area contributed by atoms with Gasteiger partial charge in [-0.05, 0) is 43.0 Å². The summed E-state index contributed by atoms with van der Waals surface area (Å²) in [7, 11) is 0. The normalized spacial score (nSPS) is 10.3. The van der Waals surface area contributed by atoms with Crippen LogP contribution in [-0.2, 0) is 6.54 Å². The molecule has 0 unspecified atom stereocenters. The molecule has 0 bridgehead atoms. The van der Waals surface area contributed by atoms with Crippen LogP contribution in [0.5, 0.6) is 0 Å². The Labute approximate surface area is 73.2 Å². The van der Waals surface area contributed by atoms with Crippen LogP contribution in [0.15, 0.2) is 12.1 Å². The van der Waals surface area contributed by atoms with Gasteiger partial charge in [-0.25, -0.2) is 5.48 Å². The highest BCUT2D eigenvalue weighted by Crippen LogP contribution is 2.14. The van der Waals surface area contributed by atoms with Gasteiger partial charge in [0.1, 0.15) is 0 Å². The van der Waals surface area contributed by atoms with Crippen molar-refractivity contribution < 1.29 is 5.21 Å². The van der Waals surface area contributed by atoms with E-state index in [9.17, 15) is 0 Å². The van der Waals surface area contributed by atoms with Crippen LogP contribution in [0.3, 0.4) is 0 Å². The third-order valence-corrected chi connectivity index (χ3v) is 2.27. The van der Waals surface area contributed by atoms with Crippen molar-refractivity contribution in [3.63, 3.8) is 0 Å². The highest BCUT2D eigenvalue weighted by molar-refractivity contribution is 5.36. The van der Waals surface area contributed by atoms with Gasteiger partial charge < -0.3 is 5.21 Å². The fourth-order valence-electron chi connectivity index (χ4n) is 1.32. The molecule has 0 amide bonds. The molecule has 0 atom stereocenters. The molecule has 0 aliphatic carbocycles. The van der Waals surface area contributed by atoms with E-state index >= 15 is 0 Å². The van der Waals surface area contributed by atoms with Crippen LogP contribution >= 0.6 is 0 Å². The van der Waals surface area contributed by atoms with Crippen molar-refractivity contribution in [1.82, 2.24) is 5.48 Å². The van der Waals surface area contributed by atoms with Gasteiger partial charge in [0.2, 0.25) is 0 Å². The maximum Gasteiger partial charge on any atom is 0.0458 e. The molecule has 0 saturated heterocycles. The molecule has 2 N–H and O–H groups in total. The molecule has 1 aromatic rings. The van der Waals surface area contributed by atoms with Crippen LogP contribution in [0.4, 0.5) is 0 Å². The summed E-state index contributed by atoms with van der Waals surface area (Å²) in [6, 6.07) is 4.18. The molecule has 1 rings (SSSR count). The molecule has 0 aliphatic rings. The summed E-state index contributed by atoms with van der Waals surface area (Å²) in [6.07, 6.45) is 0. The number of rotatable bonds is 2. The van der Waals surface area contributed by atoms with E-state index in [1.807, 2.05) is 0 Å². The Morgan fingerprint density at radius 2 is 1.67 bits per heavy atom. The molecule has 2 nitrogen and oxygen atoms in total. The summed E-state index contributed by atoms with van der Waals surface area (Å²) in [4.78, 5) is 0. The van der Waals surface area contributed by atoms with E-state index in [1.165, 1.54) is 16.7 Å². The zero-order valence-corrected chi connectivity index (χ0v) is 7.81. The summed E-state index contributed by atoms with van der Waals surface area (Å²) in [5.74, 6) is 0. The van der Waals surface area contributed by atoms with E-state index in [1.54, 1.807) is 0 Å². The molecule has 0 aliphatic heterocycles. The number of hydrogen-bond acceptors (Lipinski definition) is 2. The molecular formula is C10H15NO. The maximum atomic E-state index is 8.52. The highest BCUT2D eigenvalue weighted by atomic mass is 16.5. The van der Waals surface area contributed by atoms with Gasteiger partial charge in [-0.1, -0.05) is 12.1 Å². The van der Waals surface area contributed by atoms with E-state index in [0.717, 1.165) is 5.56 Å². The van der Waals surface area contributed by atoms with Crippen LogP contribution in [-0.4, -0.2) is 5.21 Å². The molecule has 12 heavy (non-hydrogen) atoms. The van der Waals surface area contributed by atoms with Crippen LogP contribution < -0.4 is 5.48 Å². The van der Waals surface area contributed by atoms with Gasteiger partial charge in [0.15, 0.2) is 0 Å². The molecule has 0 spiro atoms. The van der Waals surface area contributed by atoms with Gasteiger partial charge in [-0.2, -0.15) is 0 Å². The first-order valence-electron chi connectivity index (χ1n) is 4.09. The highest BCUT2D eigenvalue weighted by Gasteiger charge is 1.99. The summed E-state index contributed by atoms with van der Waals surface area (Å²) in [6.45, 7) is 6.80. The lowest BCUT2D eigenvalue weighted by molar-refractivity contribution is 0.161. The number of hydroxylamine groups is 1. The summed E-state index contributed by atoms with van der Waals surface area (Å²) in [5, 5.41) is 8.52. The van der Waals surface area contributed by atoms with Crippen molar-refractivity contribution >= 4 is 0 Å². The lowest BCUT2D eigenvalue weighted by Crippen LogP contribution is -2.06. The topological polar surface area (TPSA) is 32.3 Å². The zero-order valence-electron chi connectivity index (χ0n) is 7.81. The monoisotopic (exact) mass is 165 g/mol. The Morgan fingerprint density at radius 3 is 2.08 bits per heavy atom. The molecule has 0 radical (unpaired) electrons. The lowest BCUT2D eigenvalue weighted by Gasteiger charge is -2.07. The quantitative estimate of drug-likeness (QED) is 0.658. The number of aryl methyl sites for hydroxylation is 2. The fourth-order valence-corrected chi connectivity index (χ4v) is 1.32. The van der Waals surface area contributed by atoms with Gasteiger partial charge in [0, 0.05) is 6.54 Å². The first-order valence-corrected chi connectivity index (χ1v) is 4.09. The average molecular weight is 165 g/mol. The number of nitrogens with one attached hydrogen (secondary N) is 1. The molecule has 0 saturated carbocycles. The van der Waals surface area contributed by atoms with Crippen molar-refractivity contribution in [3.8, 4) is 0 Å². The van der Waals surface area contributed by atoms with Gasteiger partial charge in [0.25, 0.3) is 0 Å². The van der Waals surface area contributed by atoms with Gasteiger partial charge in [-0.15, -0.1) is 0 Å². The largest absolute Gasteiger partial charge is 0.316 e. The van der Waals surface area contributed by atoms with Crippen molar-refractivity contribution in [1.29, 1.82) is 0 Å². The summed E-state index contributed by atoms with van der Waals surface area (Å²) >= 11 is 0. The molecule has 0 fully saturated rings. The Hall–Kier alpha value is -0.860. The smallest absolute Gasteiger partial charge is 0.0458 e. The minimum Gasteiger partial charge on any atom is -0.316 e. The minimum atomic E-state index is 0.516. The Morgan fingerprint density at radius 1 is 1.17 bits per heavy atom. The van der Waals surface area contributed by atoms with Gasteiger partial charge >= 0.3 is 0 Å². The van der Waals surface area contributed by atoms with Crippen LogP contribution in [0.1, 0.15) is 22.3 Å². The predicted octanol–water partition coefficient (Wildman–Crippen LogP) is 2.09. The standard InChI is InChI=1S/C10H15NO/c1-7-4-10(6-11-12)5-8(2)9(7)3/h4-5,11-12H,6H2,1-3H3. The third kappa shape index (κ3) is 1.84. The van der Waals surface area contributed by atoms with Crippen molar-refractivity contribution in [2.75, 3.05) is 0 Å². The van der Waals surface area contributed by atoms with E-state index in [2.05, 4.69) is 38.4 Å². The lowest BCUT2D eigenvalue weighted by atomic mass is 10.0. The van der Waals surface area contributed by atoms with Crippen molar-refractivity contribution in [2.24, 2.45) is 0 Å². The second-order valence-electron chi connectivity index (χ2n) is 3.19. The first kappa shape index (κ1) is 9.23. The van der Waals surface area contributed by atoms with E-state index < -0.39 is 0 Å². The molecular weight excluding hydrogens is 150 g/mol. The zero-order chi connectivity index (χ0) is 9.14. The number of benzene rings is 1. The first-order chi connectivity index (χ1) is 5.65. The maximum absolute atomic E-state index is 8.52. The minimum absolute atomic E-state index is 0.516. The van der Waals surface area contributed by atoms with Crippen molar-refractivity contribution in [3.05, 3.63) is 34.4 Å². The number of hydrogen-bond donors (Lipinski definition) is 2. The molecule has 66 valence electrons.